The lowest BCUT2D eigenvalue weighted by atomic mass is 9.72. The highest BCUT2D eigenvalue weighted by Crippen LogP contribution is 2.42. The predicted molar refractivity (Wildman–Crippen MR) is 134 cm³/mol. The number of unbranched alkanes of at least 4 members (excludes halogenated alkanes) is 1. The van der Waals surface area contributed by atoms with E-state index in [1.165, 1.54) is 44.6 Å². The second-order valence-corrected chi connectivity index (χ2v) is 10.6. The third kappa shape index (κ3) is 7.24. The molecule has 1 heterocycles. The third-order valence-electron chi connectivity index (χ3n) is 8.24. The van der Waals surface area contributed by atoms with Crippen LogP contribution in [0.5, 0.6) is 0 Å². The fourth-order valence-corrected chi connectivity index (χ4v) is 6.39. The van der Waals surface area contributed by atoms with Crippen molar-refractivity contribution in [1.82, 2.24) is 10.2 Å². The Balaban J connectivity index is 1.79. The lowest BCUT2D eigenvalue weighted by Crippen LogP contribution is -2.52. The largest absolute Gasteiger partial charge is 0.385 e. The molecule has 0 bridgehead atoms. The molecule has 0 aromatic heterocycles. The Morgan fingerprint density at radius 2 is 1.97 bits per heavy atom. The van der Waals surface area contributed by atoms with Gasteiger partial charge in [-0.1, -0.05) is 38.2 Å². The van der Waals surface area contributed by atoms with Crippen molar-refractivity contribution >= 4 is 0 Å². The second-order valence-electron chi connectivity index (χ2n) is 10.6. The van der Waals surface area contributed by atoms with Crippen molar-refractivity contribution in [2.75, 3.05) is 40.4 Å². The molecule has 188 valence electrons. The van der Waals surface area contributed by atoms with E-state index in [0.29, 0.717) is 19.1 Å². The maximum Gasteiger partial charge on any atom is 0.123 e. The van der Waals surface area contributed by atoms with Gasteiger partial charge in [0.05, 0.1) is 5.60 Å². The SMILES string of the molecule is CNCC(CC1CCCCC1)N1CCCC(C(O)(CCCCOC)c2cc(F)ccc2C)C1. The van der Waals surface area contributed by atoms with Crippen molar-refractivity contribution in [2.45, 2.75) is 89.2 Å². The summed E-state index contributed by atoms with van der Waals surface area (Å²) in [6.07, 6.45) is 12.6. The maximum atomic E-state index is 14.3. The predicted octanol–water partition coefficient (Wildman–Crippen LogP) is 5.41. The summed E-state index contributed by atoms with van der Waals surface area (Å²) in [6, 6.07) is 5.41. The molecule has 1 saturated heterocycles. The average Bonchev–Trinajstić information content (AvgIpc) is 2.84. The minimum Gasteiger partial charge on any atom is -0.385 e. The Morgan fingerprint density at radius 1 is 1.18 bits per heavy atom. The first kappa shape index (κ1) is 26.6. The molecule has 2 fully saturated rings. The number of aryl methyl sites for hydroxylation is 1. The molecule has 5 heteroatoms. The molecule has 0 amide bonds. The summed E-state index contributed by atoms with van der Waals surface area (Å²) < 4.78 is 19.5. The molecule has 0 radical (unpaired) electrons. The van der Waals surface area contributed by atoms with Crippen LogP contribution in [0.3, 0.4) is 0 Å². The lowest BCUT2D eigenvalue weighted by molar-refractivity contribution is -0.0695. The van der Waals surface area contributed by atoms with E-state index in [-0.39, 0.29) is 11.7 Å². The first-order valence-corrected chi connectivity index (χ1v) is 13.3. The molecule has 3 rings (SSSR count). The minimum atomic E-state index is -1.01. The van der Waals surface area contributed by atoms with E-state index in [2.05, 4.69) is 17.3 Å². The number of hydrogen-bond donors (Lipinski definition) is 2. The second kappa shape index (κ2) is 13.2. The molecule has 0 spiro atoms. The van der Waals surface area contributed by atoms with Crippen molar-refractivity contribution < 1.29 is 14.2 Å². The normalized spacial score (nSPS) is 23.4. The molecule has 1 aromatic rings. The summed E-state index contributed by atoms with van der Waals surface area (Å²) >= 11 is 0. The van der Waals surface area contributed by atoms with Gasteiger partial charge < -0.3 is 15.2 Å². The van der Waals surface area contributed by atoms with E-state index in [9.17, 15) is 9.50 Å². The summed E-state index contributed by atoms with van der Waals surface area (Å²) in [5.41, 5.74) is 0.758. The van der Waals surface area contributed by atoms with Gasteiger partial charge in [-0.05, 0) is 88.2 Å². The van der Waals surface area contributed by atoms with Crippen LogP contribution in [0.1, 0.15) is 81.8 Å². The van der Waals surface area contributed by atoms with Crippen LogP contribution in [0.4, 0.5) is 4.39 Å². The summed E-state index contributed by atoms with van der Waals surface area (Å²) in [5, 5.41) is 15.7. The fraction of sp³-hybridized carbons (Fsp3) is 0.786. The van der Waals surface area contributed by atoms with Gasteiger partial charge in [0, 0.05) is 38.8 Å². The van der Waals surface area contributed by atoms with Crippen LogP contribution in [0.2, 0.25) is 0 Å². The van der Waals surface area contributed by atoms with Gasteiger partial charge in [0.2, 0.25) is 0 Å². The quantitative estimate of drug-likeness (QED) is 0.408. The van der Waals surface area contributed by atoms with Crippen LogP contribution < -0.4 is 5.32 Å². The van der Waals surface area contributed by atoms with E-state index >= 15 is 0 Å². The summed E-state index contributed by atoms with van der Waals surface area (Å²) in [4.78, 5) is 2.63. The number of halogens is 1. The number of likely N-dealkylation sites (N-methyl/N-ethyl adjacent to an activating group) is 1. The summed E-state index contributed by atoms with van der Waals surface area (Å²) in [5.74, 6) is 0.680. The van der Waals surface area contributed by atoms with E-state index in [1.807, 2.05) is 13.0 Å². The Hall–Kier alpha value is -1.01. The van der Waals surface area contributed by atoms with Crippen LogP contribution >= 0.6 is 0 Å². The van der Waals surface area contributed by atoms with Crippen LogP contribution in [-0.4, -0.2) is 56.4 Å². The molecular weight excluding hydrogens is 415 g/mol. The first-order valence-electron chi connectivity index (χ1n) is 13.3. The molecule has 2 aliphatic rings. The smallest absolute Gasteiger partial charge is 0.123 e. The molecule has 2 N–H and O–H groups in total. The monoisotopic (exact) mass is 462 g/mol. The zero-order valence-electron chi connectivity index (χ0n) is 21.3. The molecule has 1 aromatic carbocycles. The minimum absolute atomic E-state index is 0.111. The van der Waals surface area contributed by atoms with Gasteiger partial charge in [0.15, 0.2) is 0 Å². The zero-order chi connectivity index (χ0) is 23.7. The number of hydrogen-bond acceptors (Lipinski definition) is 4. The molecule has 3 atom stereocenters. The van der Waals surface area contributed by atoms with Crippen LogP contribution in [0.15, 0.2) is 18.2 Å². The third-order valence-corrected chi connectivity index (χ3v) is 8.24. The highest BCUT2D eigenvalue weighted by molar-refractivity contribution is 5.33. The maximum absolute atomic E-state index is 14.3. The van der Waals surface area contributed by atoms with E-state index < -0.39 is 5.60 Å². The number of aliphatic hydroxyl groups is 1. The molecule has 3 unspecified atom stereocenters. The number of nitrogens with zero attached hydrogens (tertiary/aromatic N) is 1. The van der Waals surface area contributed by atoms with Crippen LogP contribution in [0.25, 0.3) is 0 Å². The van der Waals surface area contributed by atoms with Crippen molar-refractivity contribution in [3.05, 3.63) is 35.1 Å². The summed E-state index contributed by atoms with van der Waals surface area (Å²) in [6.45, 7) is 5.67. The number of methoxy groups -OCH3 is 1. The first-order chi connectivity index (χ1) is 16.0. The Kier molecular flexibility index (Phi) is 10.6. The van der Waals surface area contributed by atoms with Crippen molar-refractivity contribution in [3.8, 4) is 0 Å². The van der Waals surface area contributed by atoms with E-state index in [1.54, 1.807) is 13.2 Å². The van der Waals surface area contributed by atoms with E-state index in [4.69, 9.17) is 4.74 Å². The van der Waals surface area contributed by atoms with Crippen LogP contribution in [-0.2, 0) is 10.3 Å². The van der Waals surface area contributed by atoms with Crippen molar-refractivity contribution in [2.24, 2.45) is 11.8 Å². The topological polar surface area (TPSA) is 44.7 Å². The fourth-order valence-electron chi connectivity index (χ4n) is 6.39. The highest BCUT2D eigenvalue weighted by atomic mass is 19.1. The van der Waals surface area contributed by atoms with Crippen LogP contribution in [0, 0.1) is 24.6 Å². The van der Waals surface area contributed by atoms with Gasteiger partial charge in [-0.3, -0.25) is 4.90 Å². The van der Waals surface area contributed by atoms with Crippen molar-refractivity contribution in [1.29, 1.82) is 0 Å². The molecular formula is C28H47FN2O2. The molecule has 1 aliphatic carbocycles. The number of nitrogens with one attached hydrogen (secondary N) is 1. The molecule has 1 aliphatic heterocycles. The zero-order valence-corrected chi connectivity index (χ0v) is 21.3. The highest BCUT2D eigenvalue weighted by Gasteiger charge is 2.42. The molecule has 33 heavy (non-hydrogen) atoms. The number of rotatable bonds is 12. The number of benzene rings is 1. The van der Waals surface area contributed by atoms with Gasteiger partial charge >= 0.3 is 0 Å². The molecule has 4 nitrogen and oxygen atoms in total. The summed E-state index contributed by atoms with van der Waals surface area (Å²) in [7, 11) is 3.77. The van der Waals surface area contributed by atoms with Gasteiger partial charge in [-0.25, -0.2) is 4.39 Å². The van der Waals surface area contributed by atoms with Gasteiger partial charge in [-0.2, -0.15) is 0 Å². The number of piperidine rings is 1. The van der Waals surface area contributed by atoms with E-state index in [0.717, 1.165) is 62.4 Å². The molecule has 1 saturated carbocycles. The van der Waals surface area contributed by atoms with Gasteiger partial charge in [0.25, 0.3) is 0 Å². The Bertz CT molecular complexity index is 709. The van der Waals surface area contributed by atoms with Crippen molar-refractivity contribution in [3.63, 3.8) is 0 Å². The number of likely N-dealkylation sites (tertiary alicyclic amines) is 1. The lowest BCUT2D eigenvalue weighted by Gasteiger charge is -2.46. The van der Waals surface area contributed by atoms with Gasteiger partial charge in [-0.15, -0.1) is 0 Å². The standard InChI is InChI=1S/C28H47FN2O2/c1-22-13-14-25(29)19-27(22)28(32,15-7-8-17-33-3)24-12-9-16-31(21-24)26(20-30-2)18-23-10-5-4-6-11-23/h13-14,19,23-24,26,30,32H,4-12,15-18,20-21H2,1-3H3. The Morgan fingerprint density at radius 3 is 2.70 bits per heavy atom. The Labute approximate surface area is 201 Å². The van der Waals surface area contributed by atoms with Gasteiger partial charge in [0.1, 0.15) is 5.82 Å². The average molecular weight is 463 g/mol. The number of ether oxygens (including phenoxy) is 1.